The van der Waals surface area contributed by atoms with Gasteiger partial charge in [0, 0.05) is 34.9 Å². The Balaban J connectivity index is 0.968. The Kier molecular flexibility index (Phi) is 11.6. The molecule has 1 heterocycles. The largest absolute Gasteiger partial charge is 0.457 e. The molecule has 1 aliphatic rings. The third-order valence-corrected chi connectivity index (χ3v) is 9.93. The lowest BCUT2D eigenvalue weighted by molar-refractivity contribution is -0.245. The number of carbonyl (C=O) groups is 1. The van der Waals surface area contributed by atoms with E-state index in [4.69, 9.17) is 14.2 Å². The summed E-state index contributed by atoms with van der Waals surface area (Å²) in [6.45, 7) is 0.385. The normalized spacial score (nSPS) is 16.9. The van der Waals surface area contributed by atoms with Gasteiger partial charge in [0.15, 0.2) is 6.29 Å². The Morgan fingerprint density at radius 2 is 1.38 bits per heavy atom. The number of nitrogens with one attached hydrogen (secondary N) is 2. The second-order valence-electron chi connectivity index (χ2n) is 12.5. The van der Waals surface area contributed by atoms with Crippen LogP contribution in [-0.4, -0.2) is 23.0 Å². The summed E-state index contributed by atoms with van der Waals surface area (Å²) in [5.74, 6) is 2.25. The zero-order valence-electron chi connectivity index (χ0n) is 28.6. The van der Waals surface area contributed by atoms with E-state index < -0.39 is 6.29 Å². The molecule has 0 saturated carbocycles. The van der Waals surface area contributed by atoms with Crippen molar-refractivity contribution in [1.82, 2.24) is 5.32 Å². The summed E-state index contributed by atoms with van der Waals surface area (Å²) in [6.07, 6.45) is 0.0673. The first-order chi connectivity index (χ1) is 25.6. The monoisotopic (exact) mass is 708 g/mol. The number of para-hydroxylation sites is 1. The lowest BCUT2D eigenvalue weighted by Crippen LogP contribution is -2.31. The fourth-order valence-electron chi connectivity index (χ4n) is 6.01. The highest BCUT2D eigenvalue weighted by molar-refractivity contribution is 7.99. The molecule has 52 heavy (non-hydrogen) atoms. The van der Waals surface area contributed by atoms with Crippen LogP contribution in [0.4, 0.5) is 10.5 Å². The number of urea groups is 1. The van der Waals surface area contributed by atoms with Crippen molar-refractivity contribution in [3.05, 3.63) is 180 Å². The molecular weight excluding hydrogens is 669 g/mol. The highest BCUT2D eigenvalue weighted by Crippen LogP contribution is 2.40. The molecule has 1 fully saturated rings. The Labute approximate surface area is 308 Å². The van der Waals surface area contributed by atoms with Gasteiger partial charge in [-0.3, -0.25) is 0 Å². The molecule has 0 bridgehead atoms. The zero-order valence-corrected chi connectivity index (χ0v) is 29.4. The van der Waals surface area contributed by atoms with Crippen LogP contribution in [0.3, 0.4) is 0 Å². The predicted octanol–water partition coefficient (Wildman–Crippen LogP) is 10.3. The second kappa shape index (κ2) is 17.2. The zero-order chi connectivity index (χ0) is 35.5. The minimum Gasteiger partial charge on any atom is -0.457 e. The van der Waals surface area contributed by atoms with E-state index in [0.29, 0.717) is 18.0 Å². The lowest BCUT2D eigenvalue weighted by atomic mass is 9.99. The maximum atomic E-state index is 12.7. The van der Waals surface area contributed by atoms with Gasteiger partial charge in [0.05, 0.1) is 18.8 Å². The summed E-state index contributed by atoms with van der Waals surface area (Å²) in [5, 5.41) is 15.4. The molecule has 262 valence electrons. The van der Waals surface area contributed by atoms with Gasteiger partial charge in [-0.05, 0) is 82.4 Å². The van der Waals surface area contributed by atoms with E-state index in [-0.39, 0.29) is 24.8 Å². The van der Waals surface area contributed by atoms with Crippen LogP contribution in [0, 0.1) is 0 Å². The van der Waals surface area contributed by atoms with Gasteiger partial charge in [-0.25, -0.2) is 4.79 Å². The Bertz CT molecular complexity index is 2030. The number of hydrogen-bond donors (Lipinski definition) is 3. The Morgan fingerprint density at radius 1 is 0.692 bits per heavy atom. The molecule has 0 spiro atoms. The quantitative estimate of drug-likeness (QED) is 0.110. The number of anilines is 1. The number of rotatable bonds is 12. The number of aliphatic hydroxyl groups excluding tert-OH is 1. The molecule has 6 aromatic rings. The van der Waals surface area contributed by atoms with Crippen molar-refractivity contribution < 1.29 is 24.1 Å². The molecular formula is C44H40N2O5S. The average molecular weight is 709 g/mol. The molecule has 1 aliphatic heterocycles. The van der Waals surface area contributed by atoms with Gasteiger partial charge >= 0.3 is 6.03 Å². The standard InChI is InChI=1S/C44H40N2O5S/c47-29-31-14-16-34(17-15-31)42-27-40(30-52-41-12-5-2-6-13-41)50-43(51-42)35-20-18-33(19-21-35)36-9-7-8-32(26-36)28-45-44(48)46-37-22-24-39(25-23-37)49-38-10-3-1-4-11-38/h1-26,40,42-43,47H,27-30H2,(H2,45,46,48)/t40-,42+,43+/m0/s1. The first-order valence-corrected chi connectivity index (χ1v) is 18.3. The molecule has 2 amide bonds. The molecule has 7 rings (SSSR count). The lowest BCUT2D eigenvalue weighted by Gasteiger charge is -2.36. The summed E-state index contributed by atoms with van der Waals surface area (Å²) >= 11 is 1.79. The van der Waals surface area contributed by atoms with Crippen LogP contribution in [-0.2, 0) is 22.6 Å². The van der Waals surface area contributed by atoms with E-state index in [1.54, 1.807) is 11.8 Å². The first-order valence-electron chi connectivity index (χ1n) is 17.3. The van der Waals surface area contributed by atoms with Gasteiger partial charge in [0.2, 0.25) is 0 Å². The maximum Gasteiger partial charge on any atom is 0.319 e. The van der Waals surface area contributed by atoms with E-state index in [0.717, 1.165) is 51.3 Å². The first kappa shape index (κ1) is 35.0. The van der Waals surface area contributed by atoms with E-state index in [1.807, 2.05) is 97.1 Å². The number of aliphatic hydroxyl groups is 1. The van der Waals surface area contributed by atoms with Crippen LogP contribution in [0.1, 0.15) is 41.1 Å². The van der Waals surface area contributed by atoms with Gasteiger partial charge in [0.1, 0.15) is 11.5 Å². The summed E-state index contributed by atoms with van der Waals surface area (Å²) in [5.41, 5.74) is 6.65. The van der Waals surface area contributed by atoms with E-state index in [1.165, 1.54) is 4.90 Å². The summed E-state index contributed by atoms with van der Waals surface area (Å²) in [7, 11) is 0. The number of benzene rings is 6. The van der Waals surface area contributed by atoms with Crippen LogP contribution in [0.5, 0.6) is 11.5 Å². The number of carbonyl (C=O) groups excluding carboxylic acids is 1. The summed E-state index contributed by atoms with van der Waals surface area (Å²) in [6, 6.07) is 51.3. The predicted molar refractivity (Wildman–Crippen MR) is 206 cm³/mol. The van der Waals surface area contributed by atoms with Gasteiger partial charge in [-0.15, -0.1) is 11.8 Å². The van der Waals surface area contributed by atoms with Crippen LogP contribution in [0.15, 0.2) is 163 Å². The molecule has 7 nitrogen and oxygen atoms in total. The van der Waals surface area contributed by atoms with E-state index >= 15 is 0 Å². The Morgan fingerprint density at radius 3 is 2.12 bits per heavy atom. The number of thioether (sulfide) groups is 1. The molecule has 3 atom stereocenters. The van der Waals surface area contributed by atoms with Crippen molar-refractivity contribution >= 4 is 23.5 Å². The smallest absolute Gasteiger partial charge is 0.319 e. The van der Waals surface area contributed by atoms with E-state index in [9.17, 15) is 9.90 Å². The third-order valence-electron chi connectivity index (χ3n) is 8.78. The van der Waals surface area contributed by atoms with Crippen molar-refractivity contribution in [2.75, 3.05) is 11.1 Å². The summed E-state index contributed by atoms with van der Waals surface area (Å²) in [4.78, 5) is 13.9. The molecule has 3 N–H and O–H groups in total. The van der Waals surface area contributed by atoms with Gasteiger partial charge in [-0.2, -0.15) is 0 Å². The van der Waals surface area contributed by atoms with Gasteiger partial charge in [-0.1, -0.05) is 103 Å². The number of ether oxygens (including phenoxy) is 3. The van der Waals surface area contributed by atoms with Crippen molar-refractivity contribution in [3.8, 4) is 22.6 Å². The highest BCUT2D eigenvalue weighted by atomic mass is 32.2. The topological polar surface area (TPSA) is 89.1 Å². The highest BCUT2D eigenvalue weighted by Gasteiger charge is 2.32. The van der Waals surface area contributed by atoms with Gasteiger partial charge in [0.25, 0.3) is 0 Å². The SMILES string of the molecule is O=C(NCc1cccc(-c2ccc([C@@H]3O[C@H](CSc4ccccc4)C[C@H](c4ccc(CO)cc4)O3)cc2)c1)Nc1ccc(Oc2ccccc2)cc1. The summed E-state index contributed by atoms with van der Waals surface area (Å²) < 4.78 is 18.9. The van der Waals surface area contributed by atoms with Crippen molar-refractivity contribution in [2.45, 2.75) is 43.0 Å². The minimum atomic E-state index is -0.520. The number of amides is 2. The molecule has 0 aromatic heterocycles. The van der Waals surface area contributed by atoms with Crippen molar-refractivity contribution in [3.63, 3.8) is 0 Å². The van der Waals surface area contributed by atoms with Gasteiger partial charge < -0.3 is 30.0 Å². The third kappa shape index (κ3) is 9.48. The minimum absolute atomic E-state index is 0.0105. The molecule has 0 unspecified atom stereocenters. The van der Waals surface area contributed by atoms with Crippen molar-refractivity contribution in [1.29, 1.82) is 0 Å². The Hall–Kier alpha value is -5.38. The van der Waals surface area contributed by atoms with Crippen LogP contribution in [0.25, 0.3) is 11.1 Å². The fourth-order valence-corrected chi connectivity index (χ4v) is 6.95. The molecule has 1 saturated heterocycles. The van der Waals surface area contributed by atoms with Crippen LogP contribution < -0.4 is 15.4 Å². The molecule has 0 radical (unpaired) electrons. The fraction of sp³-hybridized carbons (Fsp3) is 0.159. The number of hydrogen-bond acceptors (Lipinski definition) is 6. The molecule has 8 heteroatoms. The maximum absolute atomic E-state index is 12.7. The van der Waals surface area contributed by atoms with Crippen LogP contribution in [0.2, 0.25) is 0 Å². The van der Waals surface area contributed by atoms with Crippen molar-refractivity contribution in [2.24, 2.45) is 0 Å². The van der Waals surface area contributed by atoms with E-state index in [2.05, 4.69) is 71.3 Å². The van der Waals surface area contributed by atoms with Crippen LogP contribution >= 0.6 is 11.8 Å². The molecule has 6 aromatic carbocycles. The molecule has 0 aliphatic carbocycles. The average Bonchev–Trinajstić information content (AvgIpc) is 3.21. The second-order valence-corrected chi connectivity index (χ2v) is 13.6.